The smallest absolute Gasteiger partial charge is 0.322 e. The van der Waals surface area contributed by atoms with Crippen molar-refractivity contribution in [2.45, 2.75) is 18.9 Å². The Labute approximate surface area is 179 Å². The van der Waals surface area contributed by atoms with Crippen LogP contribution >= 0.6 is 0 Å². The van der Waals surface area contributed by atoms with Gasteiger partial charge in [0.2, 0.25) is 5.91 Å². The highest BCUT2D eigenvalue weighted by Gasteiger charge is 2.34. The SMILES string of the molecule is O=C(Nc1ccc(Oc2ccccc2)cc1)[C@H]1CCCN1C(=O)Nc1ccc(F)cc1. The molecular weight excluding hydrogens is 397 g/mol. The van der Waals surface area contributed by atoms with Gasteiger partial charge < -0.3 is 20.3 Å². The van der Waals surface area contributed by atoms with E-state index in [1.807, 2.05) is 30.3 Å². The molecule has 3 amide bonds. The lowest BCUT2D eigenvalue weighted by atomic mass is 10.2. The minimum Gasteiger partial charge on any atom is -0.457 e. The van der Waals surface area contributed by atoms with Crippen LogP contribution < -0.4 is 15.4 Å². The van der Waals surface area contributed by atoms with Gasteiger partial charge in [0, 0.05) is 17.9 Å². The molecule has 31 heavy (non-hydrogen) atoms. The Morgan fingerprint density at radius 2 is 1.45 bits per heavy atom. The van der Waals surface area contributed by atoms with E-state index in [9.17, 15) is 14.0 Å². The van der Waals surface area contributed by atoms with E-state index in [2.05, 4.69) is 10.6 Å². The largest absolute Gasteiger partial charge is 0.457 e. The number of nitrogens with one attached hydrogen (secondary N) is 2. The highest BCUT2D eigenvalue weighted by Crippen LogP contribution is 2.24. The van der Waals surface area contributed by atoms with Crippen molar-refractivity contribution in [2.24, 2.45) is 0 Å². The lowest BCUT2D eigenvalue weighted by molar-refractivity contribution is -0.119. The predicted molar refractivity (Wildman–Crippen MR) is 117 cm³/mol. The summed E-state index contributed by atoms with van der Waals surface area (Å²) in [4.78, 5) is 26.9. The summed E-state index contributed by atoms with van der Waals surface area (Å²) in [7, 11) is 0. The molecule has 0 bridgehead atoms. The lowest BCUT2D eigenvalue weighted by Gasteiger charge is -2.24. The average Bonchev–Trinajstić information content (AvgIpc) is 3.28. The Morgan fingerprint density at radius 1 is 0.839 bits per heavy atom. The second kappa shape index (κ2) is 9.30. The van der Waals surface area contributed by atoms with Gasteiger partial charge in [0.15, 0.2) is 0 Å². The van der Waals surface area contributed by atoms with Gasteiger partial charge in [-0.3, -0.25) is 4.79 Å². The molecule has 6 nitrogen and oxygen atoms in total. The van der Waals surface area contributed by atoms with E-state index < -0.39 is 6.04 Å². The minimum atomic E-state index is -0.569. The number of para-hydroxylation sites is 1. The van der Waals surface area contributed by atoms with Crippen LogP contribution in [0.4, 0.5) is 20.6 Å². The zero-order valence-corrected chi connectivity index (χ0v) is 16.8. The zero-order chi connectivity index (χ0) is 21.6. The molecule has 1 saturated heterocycles. The summed E-state index contributed by atoms with van der Waals surface area (Å²) in [6, 6.07) is 21.1. The van der Waals surface area contributed by atoms with Crippen molar-refractivity contribution in [1.82, 2.24) is 4.90 Å². The Kier molecular flexibility index (Phi) is 6.12. The van der Waals surface area contributed by atoms with Crippen molar-refractivity contribution in [1.29, 1.82) is 0 Å². The second-order valence-electron chi connectivity index (χ2n) is 7.22. The van der Waals surface area contributed by atoms with Crippen LogP contribution in [0.15, 0.2) is 78.9 Å². The van der Waals surface area contributed by atoms with E-state index in [4.69, 9.17) is 4.74 Å². The molecule has 0 radical (unpaired) electrons. The Hall–Kier alpha value is -3.87. The minimum absolute atomic E-state index is 0.247. The third kappa shape index (κ3) is 5.19. The molecule has 0 aromatic heterocycles. The van der Waals surface area contributed by atoms with Crippen molar-refractivity contribution in [3.8, 4) is 11.5 Å². The number of likely N-dealkylation sites (tertiary alicyclic amines) is 1. The maximum absolute atomic E-state index is 13.1. The van der Waals surface area contributed by atoms with Gasteiger partial charge in [0.25, 0.3) is 0 Å². The van der Waals surface area contributed by atoms with Gasteiger partial charge in [-0.25, -0.2) is 9.18 Å². The molecule has 1 atom stereocenters. The molecule has 0 unspecified atom stereocenters. The fraction of sp³-hybridized carbons (Fsp3) is 0.167. The quantitative estimate of drug-likeness (QED) is 0.593. The van der Waals surface area contributed by atoms with Gasteiger partial charge in [-0.15, -0.1) is 0 Å². The third-order valence-corrected chi connectivity index (χ3v) is 5.01. The van der Waals surface area contributed by atoms with Crippen molar-refractivity contribution >= 4 is 23.3 Å². The number of benzene rings is 3. The number of halogens is 1. The van der Waals surface area contributed by atoms with E-state index >= 15 is 0 Å². The van der Waals surface area contributed by atoms with Gasteiger partial charge >= 0.3 is 6.03 Å². The van der Waals surface area contributed by atoms with Crippen LogP contribution in [0.5, 0.6) is 11.5 Å². The molecule has 1 aliphatic rings. The number of urea groups is 1. The van der Waals surface area contributed by atoms with Gasteiger partial charge in [-0.2, -0.15) is 0 Å². The number of carbonyl (C=O) groups is 2. The monoisotopic (exact) mass is 419 g/mol. The highest BCUT2D eigenvalue weighted by atomic mass is 19.1. The molecule has 0 aliphatic carbocycles. The summed E-state index contributed by atoms with van der Waals surface area (Å²) in [5.41, 5.74) is 1.10. The first-order valence-electron chi connectivity index (χ1n) is 10.1. The Bertz CT molecular complexity index is 1040. The first kappa shape index (κ1) is 20.4. The second-order valence-corrected chi connectivity index (χ2v) is 7.22. The number of nitrogens with zero attached hydrogens (tertiary/aromatic N) is 1. The fourth-order valence-electron chi connectivity index (χ4n) is 3.47. The summed E-state index contributed by atoms with van der Waals surface area (Å²) >= 11 is 0. The maximum atomic E-state index is 13.1. The van der Waals surface area contributed by atoms with Gasteiger partial charge in [0.05, 0.1) is 0 Å². The summed E-state index contributed by atoms with van der Waals surface area (Å²) in [5, 5.41) is 5.58. The molecule has 1 aliphatic heterocycles. The number of anilines is 2. The number of rotatable bonds is 5. The molecule has 3 aromatic rings. The molecule has 0 saturated carbocycles. The number of hydrogen-bond donors (Lipinski definition) is 2. The first-order valence-corrected chi connectivity index (χ1v) is 10.1. The standard InChI is InChI=1S/C24H22FN3O3/c25-17-8-10-19(11-9-17)27-24(30)28-16-4-7-22(28)23(29)26-18-12-14-21(15-13-18)31-20-5-2-1-3-6-20/h1-3,5-6,8-15,22H,4,7,16H2,(H,26,29)(H,27,30)/t22-/m1/s1. The summed E-state index contributed by atoms with van der Waals surface area (Å²) < 4.78 is 18.8. The number of ether oxygens (including phenoxy) is 1. The average molecular weight is 419 g/mol. The topological polar surface area (TPSA) is 70.7 Å². The van der Waals surface area contributed by atoms with Gasteiger partial charge in [-0.05, 0) is 73.5 Å². The molecule has 0 spiro atoms. The molecule has 1 heterocycles. The fourth-order valence-corrected chi connectivity index (χ4v) is 3.47. The summed E-state index contributed by atoms with van der Waals surface area (Å²) in [6.07, 6.45) is 1.32. The van der Waals surface area contributed by atoms with Crippen LogP contribution in [-0.2, 0) is 4.79 Å². The Morgan fingerprint density at radius 3 is 2.16 bits per heavy atom. The van der Waals surface area contributed by atoms with Gasteiger partial charge in [0.1, 0.15) is 23.4 Å². The summed E-state index contributed by atoms with van der Waals surface area (Å²) in [6.45, 7) is 0.481. The van der Waals surface area contributed by atoms with Crippen molar-refractivity contribution < 1.29 is 18.7 Å². The van der Waals surface area contributed by atoms with Crippen LogP contribution in [0.2, 0.25) is 0 Å². The van der Waals surface area contributed by atoms with Gasteiger partial charge in [-0.1, -0.05) is 18.2 Å². The Balaban J connectivity index is 1.35. The number of hydrogen-bond acceptors (Lipinski definition) is 3. The van der Waals surface area contributed by atoms with Crippen LogP contribution in [0.3, 0.4) is 0 Å². The molecule has 2 N–H and O–H groups in total. The number of amides is 3. The maximum Gasteiger partial charge on any atom is 0.322 e. The van der Waals surface area contributed by atoms with Crippen molar-refractivity contribution in [2.75, 3.05) is 17.2 Å². The van der Waals surface area contributed by atoms with E-state index in [0.29, 0.717) is 30.1 Å². The number of carbonyl (C=O) groups excluding carboxylic acids is 2. The molecule has 158 valence electrons. The first-order chi connectivity index (χ1) is 15.1. The molecular formula is C24H22FN3O3. The van der Waals surface area contributed by atoms with Crippen LogP contribution in [0, 0.1) is 5.82 Å². The third-order valence-electron chi connectivity index (χ3n) is 5.01. The lowest BCUT2D eigenvalue weighted by Crippen LogP contribution is -2.45. The van der Waals surface area contributed by atoms with Crippen LogP contribution in [-0.4, -0.2) is 29.4 Å². The van der Waals surface area contributed by atoms with E-state index in [-0.39, 0.29) is 17.8 Å². The molecule has 7 heteroatoms. The van der Waals surface area contributed by atoms with Crippen LogP contribution in [0.1, 0.15) is 12.8 Å². The summed E-state index contributed by atoms with van der Waals surface area (Å²) in [5.74, 6) is 0.763. The molecule has 1 fully saturated rings. The molecule has 4 rings (SSSR count). The normalized spacial score (nSPS) is 15.4. The van der Waals surface area contributed by atoms with E-state index in [1.165, 1.54) is 29.2 Å². The molecule has 3 aromatic carbocycles. The van der Waals surface area contributed by atoms with Crippen LogP contribution in [0.25, 0.3) is 0 Å². The highest BCUT2D eigenvalue weighted by molar-refractivity contribution is 5.99. The van der Waals surface area contributed by atoms with Crippen molar-refractivity contribution in [3.05, 3.63) is 84.7 Å². The van der Waals surface area contributed by atoms with Crippen molar-refractivity contribution in [3.63, 3.8) is 0 Å². The predicted octanol–water partition coefficient (Wildman–Crippen LogP) is 5.25. The van der Waals surface area contributed by atoms with E-state index in [1.54, 1.807) is 24.3 Å². The van der Waals surface area contributed by atoms with E-state index in [0.717, 1.165) is 12.2 Å². The zero-order valence-electron chi connectivity index (χ0n) is 16.8.